The fraction of sp³-hybridized carbons (Fsp3) is 0.636. The highest BCUT2D eigenvalue weighted by molar-refractivity contribution is 9.10. The standard InChI is InChI=1S/C11H16BrClN2S/c1-4-16-6-9-14-8(5-7(2)3)10(12)11(13)15-9/h7H,4-6H2,1-3H3. The lowest BCUT2D eigenvalue weighted by Crippen LogP contribution is -2.04. The SMILES string of the molecule is CCSCc1nc(Cl)c(Br)c(CC(C)C)n1. The van der Waals surface area contributed by atoms with Gasteiger partial charge in [-0.15, -0.1) is 0 Å². The van der Waals surface area contributed by atoms with Crippen LogP contribution in [0.15, 0.2) is 4.47 Å². The fourth-order valence-electron chi connectivity index (χ4n) is 1.29. The molecule has 0 spiro atoms. The molecule has 0 aromatic carbocycles. The van der Waals surface area contributed by atoms with Crippen LogP contribution in [0.3, 0.4) is 0 Å². The Morgan fingerprint density at radius 3 is 2.62 bits per heavy atom. The van der Waals surface area contributed by atoms with E-state index in [1.54, 1.807) is 11.8 Å². The summed E-state index contributed by atoms with van der Waals surface area (Å²) in [6.07, 6.45) is 0.923. The average molecular weight is 324 g/mol. The molecule has 0 aliphatic carbocycles. The first-order chi connectivity index (χ1) is 7.54. The van der Waals surface area contributed by atoms with Crippen LogP contribution in [0.2, 0.25) is 5.15 Å². The zero-order chi connectivity index (χ0) is 12.1. The van der Waals surface area contributed by atoms with Crippen LogP contribution in [-0.4, -0.2) is 15.7 Å². The molecule has 1 rings (SSSR count). The summed E-state index contributed by atoms with van der Waals surface area (Å²) in [5.74, 6) is 3.29. The molecule has 0 atom stereocenters. The second-order valence-electron chi connectivity index (χ2n) is 3.93. The molecule has 16 heavy (non-hydrogen) atoms. The summed E-state index contributed by atoms with van der Waals surface area (Å²) in [7, 11) is 0. The Labute approximate surface area is 115 Å². The lowest BCUT2D eigenvalue weighted by molar-refractivity contribution is 0.629. The molecule has 0 unspecified atom stereocenters. The van der Waals surface area contributed by atoms with Gasteiger partial charge < -0.3 is 0 Å². The van der Waals surface area contributed by atoms with Gasteiger partial charge in [-0.2, -0.15) is 11.8 Å². The highest BCUT2D eigenvalue weighted by atomic mass is 79.9. The lowest BCUT2D eigenvalue weighted by Gasteiger charge is -2.09. The van der Waals surface area contributed by atoms with Gasteiger partial charge in [0.1, 0.15) is 11.0 Å². The van der Waals surface area contributed by atoms with Crippen molar-refractivity contribution in [1.82, 2.24) is 9.97 Å². The van der Waals surface area contributed by atoms with Crippen molar-refractivity contribution in [2.24, 2.45) is 5.92 Å². The van der Waals surface area contributed by atoms with Gasteiger partial charge in [-0.1, -0.05) is 32.4 Å². The summed E-state index contributed by atoms with van der Waals surface area (Å²) in [4.78, 5) is 8.81. The van der Waals surface area contributed by atoms with Crippen molar-refractivity contribution in [3.63, 3.8) is 0 Å². The Bertz CT molecular complexity index is 358. The van der Waals surface area contributed by atoms with Gasteiger partial charge in [-0.3, -0.25) is 0 Å². The maximum atomic E-state index is 6.07. The molecule has 0 aliphatic rings. The molecule has 1 aromatic rings. The monoisotopic (exact) mass is 322 g/mol. The van der Waals surface area contributed by atoms with Gasteiger partial charge >= 0.3 is 0 Å². The molecule has 1 aromatic heterocycles. The normalized spacial score (nSPS) is 11.1. The predicted molar refractivity (Wildman–Crippen MR) is 75.1 cm³/mol. The van der Waals surface area contributed by atoms with Crippen LogP contribution in [0.25, 0.3) is 0 Å². The van der Waals surface area contributed by atoms with Gasteiger partial charge in [0.2, 0.25) is 0 Å². The number of aromatic nitrogens is 2. The van der Waals surface area contributed by atoms with Gasteiger partial charge in [-0.05, 0) is 34.0 Å². The zero-order valence-electron chi connectivity index (χ0n) is 9.76. The largest absolute Gasteiger partial charge is 0.236 e. The number of hydrogen-bond acceptors (Lipinski definition) is 3. The van der Waals surface area contributed by atoms with Crippen molar-refractivity contribution in [3.05, 3.63) is 21.1 Å². The van der Waals surface area contributed by atoms with Crippen LogP contribution >= 0.6 is 39.3 Å². The van der Waals surface area contributed by atoms with Gasteiger partial charge in [0.25, 0.3) is 0 Å². The summed E-state index contributed by atoms with van der Waals surface area (Å²) in [5.41, 5.74) is 1.02. The van der Waals surface area contributed by atoms with Crippen LogP contribution in [-0.2, 0) is 12.2 Å². The van der Waals surface area contributed by atoms with Gasteiger partial charge in [0.05, 0.1) is 15.9 Å². The predicted octanol–water partition coefficient (Wildman–Crippen LogP) is 4.34. The van der Waals surface area contributed by atoms with Crippen molar-refractivity contribution < 1.29 is 0 Å². The summed E-state index contributed by atoms with van der Waals surface area (Å²) in [6, 6.07) is 0. The molecule has 0 fully saturated rings. The molecule has 0 aliphatic heterocycles. The Morgan fingerprint density at radius 2 is 2.06 bits per heavy atom. The Balaban J connectivity index is 2.92. The van der Waals surface area contributed by atoms with E-state index < -0.39 is 0 Å². The second kappa shape index (κ2) is 6.82. The van der Waals surface area contributed by atoms with Crippen molar-refractivity contribution in [3.8, 4) is 0 Å². The number of halogens is 2. The van der Waals surface area contributed by atoms with E-state index in [0.29, 0.717) is 11.1 Å². The minimum absolute atomic E-state index is 0.525. The molecule has 2 nitrogen and oxygen atoms in total. The van der Waals surface area contributed by atoms with Gasteiger partial charge in [0, 0.05) is 0 Å². The first-order valence-electron chi connectivity index (χ1n) is 5.33. The molecule has 90 valence electrons. The molecule has 1 heterocycles. The highest BCUT2D eigenvalue weighted by Gasteiger charge is 2.11. The maximum absolute atomic E-state index is 6.07. The molecule has 0 radical (unpaired) electrons. The summed E-state index contributed by atoms with van der Waals surface area (Å²) in [6.45, 7) is 6.46. The van der Waals surface area contributed by atoms with Crippen LogP contribution in [0.1, 0.15) is 32.3 Å². The first kappa shape index (κ1) is 14.3. The third-order valence-corrected chi connectivity index (χ3v) is 4.17. The minimum atomic E-state index is 0.525. The molecule has 0 bridgehead atoms. The van der Waals surface area contributed by atoms with Gasteiger partial charge in [-0.25, -0.2) is 9.97 Å². The molecule has 0 amide bonds. The maximum Gasteiger partial charge on any atom is 0.147 e. The van der Waals surface area contributed by atoms with E-state index in [1.807, 2.05) is 0 Å². The molecular weight excluding hydrogens is 308 g/mol. The van der Waals surface area contributed by atoms with Crippen LogP contribution in [0.4, 0.5) is 0 Å². The van der Waals surface area contributed by atoms with Crippen LogP contribution in [0, 0.1) is 5.92 Å². The summed E-state index contributed by atoms with van der Waals surface area (Å²) in [5, 5.41) is 0.525. The van der Waals surface area contributed by atoms with Crippen molar-refractivity contribution >= 4 is 39.3 Å². The smallest absolute Gasteiger partial charge is 0.147 e. The van der Waals surface area contributed by atoms with E-state index in [1.165, 1.54) is 0 Å². The number of nitrogens with zero attached hydrogens (tertiary/aromatic N) is 2. The molecule has 0 saturated carbocycles. The zero-order valence-corrected chi connectivity index (χ0v) is 12.9. The average Bonchev–Trinajstić information content (AvgIpc) is 2.21. The van der Waals surface area contributed by atoms with Crippen LogP contribution < -0.4 is 0 Å². The first-order valence-corrected chi connectivity index (χ1v) is 7.65. The Kier molecular flexibility index (Phi) is 6.08. The van der Waals surface area contributed by atoms with Gasteiger partial charge in [0.15, 0.2) is 0 Å². The van der Waals surface area contributed by atoms with E-state index in [9.17, 15) is 0 Å². The van der Waals surface area contributed by atoms with E-state index in [4.69, 9.17) is 11.6 Å². The van der Waals surface area contributed by atoms with Crippen molar-refractivity contribution in [2.45, 2.75) is 32.9 Å². The van der Waals surface area contributed by atoms with Crippen molar-refractivity contribution in [1.29, 1.82) is 0 Å². The number of thioether (sulfide) groups is 1. The van der Waals surface area contributed by atoms with E-state index in [0.717, 1.165) is 33.9 Å². The summed E-state index contributed by atoms with van der Waals surface area (Å²) >= 11 is 11.3. The van der Waals surface area contributed by atoms with E-state index >= 15 is 0 Å². The van der Waals surface area contributed by atoms with E-state index in [-0.39, 0.29) is 0 Å². The van der Waals surface area contributed by atoms with Crippen molar-refractivity contribution in [2.75, 3.05) is 5.75 Å². The topological polar surface area (TPSA) is 25.8 Å². The second-order valence-corrected chi connectivity index (χ2v) is 6.35. The molecular formula is C11H16BrClN2S. The fourth-order valence-corrected chi connectivity index (χ4v) is 2.35. The third kappa shape index (κ3) is 4.22. The molecule has 0 N–H and O–H groups in total. The molecule has 0 saturated heterocycles. The molecule has 5 heteroatoms. The lowest BCUT2D eigenvalue weighted by atomic mass is 10.1. The third-order valence-electron chi connectivity index (χ3n) is 1.96. The quantitative estimate of drug-likeness (QED) is 0.754. The Hall–Kier alpha value is 0.200. The van der Waals surface area contributed by atoms with E-state index in [2.05, 4.69) is 46.7 Å². The Morgan fingerprint density at radius 1 is 1.38 bits per heavy atom. The number of hydrogen-bond donors (Lipinski definition) is 0. The number of rotatable bonds is 5. The van der Waals surface area contributed by atoms with Crippen LogP contribution in [0.5, 0.6) is 0 Å². The highest BCUT2D eigenvalue weighted by Crippen LogP contribution is 2.26. The minimum Gasteiger partial charge on any atom is -0.236 e. The summed E-state index contributed by atoms with van der Waals surface area (Å²) < 4.78 is 0.841.